The molecule has 7 nitrogen and oxygen atoms in total. The van der Waals surface area contributed by atoms with E-state index in [2.05, 4.69) is 27.5 Å². The molecule has 28 heavy (non-hydrogen) atoms. The molecule has 1 aliphatic heterocycles. The molecule has 140 valence electrons. The second kappa shape index (κ2) is 6.84. The van der Waals surface area contributed by atoms with Crippen molar-refractivity contribution in [2.75, 3.05) is 11.9 Å². The van der Waals surface area contributed by atoms with E-state index in [0.29, 0.717) is 30.7 Å². The van der Waals surface area contributed by atoms with E-state index in [9.17, 15) is 4.79 Å². The number of carbonyl (C=O) groups excluding carboxylic acids is 1. The van der Waals surface area contributed by atoms with Gasteiger partial charge in [-0.3, -0.25) is 10.1 Å². The molecular weight excluding hydrogens is 354 g/mol. The molecule has 0 atom stereocenters. The van der Waals surface area contributed by atoms with Gasteiger partial charge in [0.1, 0.15) is 0 Å². The highest BCUT2D eigenvalue weighted by molar-refractivity contribution is 6.03. The van der Waals surface area contributed by atoms with Crippen molar-refractivity contribution in [3.05, 3.63) is 71.9 Å². The summed E-state index contributed by atoms with van der Waals surface area (Å²) in [4.78, 5) is 17.4. The maximum Gasteiger partial charge on any atom is 0.278 e. The fourth-order valence-electron chi connectivity index (χ4n) is 3.44. The van der Waals surface area contributed by atoms with Crippen molar-refractivity contribution < 1.29 is 9.53 Å². The Labute approximate surface area is 161 Å². The monoisotopic (exact) mass is 373 g/mol. The summed E-state index contributed by atoms with van der Waals surface area (Å²) < 4.78 is 9.29. The molecule has 0 spiro atoms. The third kappa shape index (κ3) is 3.00. The zero-order valence-electron chi connectivity index (χ0n) is 15.2. The molecule has 0 saturated heterocycles. The van der Waals surface area contributed by atoms with Gasteiger partial charge in [0.15, 0.2) is 5.69 Å². The van der Waals surface area contributed by atoms with Crippen LogP contribution in [-0.2, 0) is 13.1 Å². The molecule has 0 radical (unpaired) electrons. The number of imidazole rings is 1. The molecule has 1 N–H and O–H groups in total. The number of benzene rings is 2. The number of rotatable bonds is 4. The molecule has 2 aromatic carbocycles. The maximum atomic E-state index is 12.8. The molecule has 0 aliphatic carbocycles. The minimum atomic E-state index is -0.296. The van der Waals surface area contributed by atoms with E-state index < -0.39 is 0 Å². The molecule has 4 aromatic rings. The van der Waals surface area contributed by atoms with Crippen LogP contribution in [0.5, 0.6) is 5.88 Å². The number of fused-ring (bicyclic) bond motifs is 2. The van der Waals surface area contributed by atoms with Crippen molar-refractivity contribution in [3.8, 4) is 5.88 Å². The Kier molecular flexibility index (Phi) is 4.05. The molecule has 0 unspecified atom stereocenters. The quantitative estimate of drug-likeness (QED) is 0.596. The van der Waals surface area contributed by atoms with Gasteiger partial charge >= 0.3 is 0 Å². The highest BCUT2D eigenvalue weighted by atomic mass is 16.5. The van der Waals surface area contributed by atoms with Gasteiger partial charge in [-0.2, -0.15) is 5.10 Å². The van der Waals surface area contributed by atoms with E-state index in [1.165, 1.54) is 0 Å². The number of hydrogen-bond donors (Lipinski definition) is 1. The number of nitrogens with zero attached hydrogens (tertiary/aromatic N) is 4. The second-order valence-corrected chi connectivity index (χ2v) is 6.74. The summed E-state index contributed by atoms with van der Waals surface area (Å²) in [6.45, 7) is 2.02. The van der Waals surface area contributed by atoms with Crippen LogP contribution in [0, 0.1) is 0 Å². The van der Waals surface area contributed by atoms with Gasteiger partial charge < -0.3 is 9.30 Å². The summed E-state index contributed by atoms with van der Waals surface area (Å²) in [5.74, 6) is 0.839. The van der Waals surface area contributed by atoms with Crippen molar-refractivity contribution in [2.45, 2.75) is 19.5 Å². The zero-order chi connectivity index (χ0) is 18.9. The van der Waals surface area contributed by atoms with E-state index in [1.54, 1.807) is 10.7 Å². The van der Waals surface area contributed by atoms with Crippen LogP contribution in [0.2, 0.25) is 0 Å². The van der Waals surface area contributed by atoms with E-state index in [4.69, 9.17) is 4.74 Å². The molecule has 5 rings (SSSR count). The Morgan fingerprint density at radius 3 is 2.79 bits per heavy atom. The van der Waals surface area contributed by atoms with Crippen LogP contribution in [0.4, 0.5) is 5.95 Å². The first-order valence-corrected chi connectivity index (χ1v) is 9.29. The highest BCUT2D eigenvalue weighted by Crippen LogP contribution is 2.23. The normalized spacial score (nSPS) is 13.1. The third-order valence-electron chi connectivity index (χ3n) is 4.80. The number of aryl methyl sites for hydroxylation is 1. The Balaban J connectivity index is 1.48. The summed E-state index contributed by atoms with van der Waals surface area (Å²) in [6.07, 6.45) is 0.891. The van der Waals surface area contributed by atoms with Crippen molar-refractivity contribution in [1.82, 2.24) is 19.3 Å². The van der Waals surface area contributed by atoms with Gasteiger partial charge in [-0.25, -0.2) is 9.67 Å². The first kappa shape index (κ1) is 16.6. The molecule has 2 aromatic heterocycles. The molecule has 0 fully saturated rings. The van der Waals surface area contributed by atoms with Crippen LogP contribution in [0.3, 0.4) is 0 Å². The first-order valence-electron chi connectivity index (χ1n) is 9.29. The van der Waals surface area contributed by atoms with Crippen LogP contribution in [0.25, 0.3) is 11.0 Å². The molecule has 0 bridgehead atoms. The van der Waals surface area contributed by atoms with Gasteiger partial charge in [0, 0.05) is 19.0 Å². The fourth-order valence-corrected chi connectivity index (χ4v) is 3.44. The predicted molar refractivity (Wildman–Crippen MR) is 106 cm³/mol. The van der Waals surface area contributed by atoms with Gasteiger partial charge in [0.25, 0.3) is 5.91 Å². The molecule has 3 heterocycles. The topological polar surface area (TPSA) is 74.0 Å². The highest BCUT2D eigenvalue weighted by Gasteiger charge is 2.20. The van der Waals surface area contributed by atoms with Crippen LogP contribution < -0.4 is 10.1 Å². The zero-order valence-corrected chi connectivity index (χ0v) is 15.2. The van der Waals surface area contributed by atoms with Gasteiger partial charge in [-0.15, -0.1) is 0 Å². The lowest BCUT2D eigenvalue weighted by Gasteiger charge is -2.13. The number of amides is 1. The molecule has 1 amide bonds. The molecule has 0 saturated carbocycles. The van der Waals surface area contributed by atoms with Crippen molar-refractivity contribution in [2.24, 2.45) is 0 Å². The average molecular weight is 373 g/mol. The Morgan fingerprint density at radius 2 is 1.93 bits per heavy atom. The van der Waals surface area contributed by atoms with Gasteiger partial charge in [-0.1, -0.05) is 42.5 Å². The summed E-state index contributed by atoms with van der Waals surface area (Å²) in [7, 11) is 0. The molecule has 1 aliphatic rings. The number of anilines is 1. The standard InChI is InChI=1S/C21H19N5O2/c27-20(17-13-19-26(24-17)11-6-12-28-19)23-21-22-16-9-4-5-10-18(16)25(21)14-15-7-2-1-3-8-15/h1-5,7-10,13H,6,11-12,14H2,(H,22,23,27). The van der Waals surface area contributed by atoms with Crippen LogP contribution in [-0.4, -0.2) is 31.8 Å². The Bertz CT molecular complexity index is 1120. The maximum absolute atomic E-state index is 12.8. The number of carbonyl (C=O) groups is 1. The molecular formula is C21H19N5O2. The van der Waals surface area contributed by atoms with Gasteiger partial charge in [-0.05, 0) is 17.7 Å². The summed E-state index contributed by atoms with van der Waals surface area (Å²) in [6, 6.07) is 19.6. The van der Waals surface area contributed by atoms with E-state index in [-0.39, 0.29) is 5.91 Å². The second-order valence-electron chi connectivity index (χ2n) is 6.74. The minimum absolute atomic E-state index is 0.296. The van der Waals surface area contributed by atoms with Gasteiger partial charge in [0.2, 0.25) is 11.8 Å². The summed E-state index contributed by atoms with van der Waals surface area (Å²) >= 11 is 0. The van der Waals surface area contributed by atoms with E-state index in [0.717, 1.165) is 29.6 Å². The van der Waals surface area contributed by atoms with Crippen molar-refractivity contribution >= 4 is 22.9 Å². The molecule has 7 heteroatoms. The van der Waals surface area contributed by atoms with Crippen molar-refractivity contribution in [1.29, 1.82) is 0 Å². The number of para-hydroxylation sites is 2. The SMILES string of the molecule is O=C(Nc1nc2ccccc2n1Cc1ccccc1)c1cc2n(n1)CCCO2. The third-order valence-corrected chi connectivity index (χ3v) is 4.80. The summed E-state index contributed by atoms with van der Waals surface area (Å²) in [5.41, 5.74) is 3.26. The number of aromatic nitrogens is 4. The lowest BCUT2D eigenvalue weighted by atomic mass is 10.2. The smallest absolute Gasteiger partial charge is 0.278 e. The van der Waals surface area contributed by atoms with Gasteiger partial charge in [0.05, 0.1) is 24.2 Å². The first-order chi connectivity index (χ1) is 13.8. The average Bonchev–Trinajstić information content (AvgIpc) is 3.31. The van der Waals surface area contributed by atoms with Crippen LogP contribution >= 0.6 is 0 Å². The number of hydrogen-bond acceptors (Lipinski definition) is 4. The number of ether oxygens (including phenoxy) is 1. The fraction of sp³-hybridized carbons (Fsp3) is 0.190. The number of nitrogens with one attached hydrogen (secondary N) is 1. The lowest BCUT2D eigenvalue weighted by molar-refractivity contribution is 0.102. The Morgan fingerprint density at radius 1 is 1.11 bits per heavy atom. The van der Waals surface area contributed by atoms with E-state index in [1.807, 2.05) is 47.0 Å². The summed E-state index contributed by atoms with van der Waals surface area (Å²) in [5, 5.41) is 7.28. The van der Waals surface area contributed by atoms with E-state index >= 15 is 0 Å². The predicted octanol–water partition coefficient (Wildman–Crippen LogP) is 3.32. The Hall–Kier alpha value is -3.61. The lowest BCUT2D eigenvalue weighted by Crippen LogP contribution is -2.18. The van der Waals surface area contributed by atoms with Crippen LogP contribution in [0.15, 0.2) is 60.7 Å². The van der Waals surface area contributed by atoms with Crippen molar-refractivity contribution in [3.63, 3.8) is 0 Å². The van der Waals surface area contributed by atoms with Crippen LogP contribution in [0.1, 0.15) is 22.5 Å². The minimum Gasteiger partial charge on any atom is -0.478 e. The largest absolute Gasteiger partial charge is 0.478 e.